The summed E-state index contributed by atoms with van der Waals surface area (Å²) in [6.45, 7) is 0.281. The molecule has 21 heavy (non-hydrogen) atoms. The second kappa shape index (κ2) is 6.81. The molecule has 0 aromatic heterocycles. The Morgan fingerprint density at radius 2 is 1.71 bits per heavy atom. The van der Waals surface area contributed by atoms with Gasteiger partial charge in [-0.1, -0.05) is 30.3 Å². The van der Waals surface area contributed by atoms with E-state index >= 15 is 0 Å². The molecule has 0 fully saturated rings. The fourth-order valence-corrected chi connectivity index (χ4v) is 1.99. The van der Waals surface area contributed by atoms with Gasteiger partial charge in [-0.3, -0.25) is 10.1 Å². The summed E-state index contributed by atoms with van der Waals surface area (Å²) in [5.74, 6) is -0.537. The first kappa shape index (κ1) is 14.9. The Bertz CT molecular complexity index is 673. The third-order valence-corrected chi connectivity index (χ3v) is 3.30. The van der Waals surface area contributed by atoms with E-state index in [1.54, 1.807) is 24.3 Å². The fraction of sp³-hybridized carbons (Fsp3) is 0.0667. The highest BCUT2D eigenvalue weighted by molar-refractivity contribution is 7.80. The number of nitrogen functional groups attached to an aromatic ring is 1. The summed E-state index contributed by atoms with van der Waals surface area (Å²) in [5, 5.41) is 4.83. The minimum absolute atomic E-state index is 0.266. The van der Waals surface area contributed by atoms with E-state index in [0.717, 1.165) is 10.5 Å². The van der Waals surface area contributed by atoms with E-state index in [-0.39, 0.29) is 12.1 Å². The summed E-state index contributed by atoms with van der Waals surface area (Å²) < 4.78 is 0. The van der Waals surface area contributed by atoms with E-state index in [4.69, 9.17) is 5.73 Å². The summed E-state index contributed by atoms with van der Waals surface area (Å²) in [6, 6.07) is 13.4. The predicted octanol–water partition coefficient (Wildman–Crippen LogP) is 2.20. The molecule has 0 aliphatic heterocycles. The van der Waals surface area contributed by atoms with Crippen LogP contribution in [-0.4, -0.2) is 11.9 Å². The number of carbonyl (C=O) groups is 2. The van der Waals surface area contributed by atoms with Crippen molar-refractivity contribution in [3.63, 3.8) is 0 Å². The smallest absolute Gasteiger partial charge is 0.321 e. The molecular formula is C15H15N3O2S. The number of imide groups is 1. The van der Waals surface area contributed by atoms with Gasteiger partial charge in [-0.05, 0) is 23.8 Å². The molecule has 0 saturated heterocycles. The first-order chi connectivity index (χ1) is 10.1. The van der Waals surface area contributed by atoms with Gasteiger partial charge in [0.05, 0.1) is 5.56 Å². The third-order valence-electron chi connectivity index (χ3n) is 2.86. The number of amides is 3. The minimum atomic E-state index is -0.583. The molecule has 0 heterocycles. The number of carbonyl (C=O) groups excluding carboxylic acids is 2. The molecule has 0 radical (unpaired) electrons. The molecule has 6 heteroatoms. The van der Waals surface area contributed by atoms with E-state index in [0.29, 0.717) is 5.69 Å². The molecule has 3 amide bonds. The van der Waals surface area contributed by atoms with Crippen LogP contribution in [0.25, 0.3) is 0 Å². The number of nitrogens with two attached hydrogens (primary N) is 1. The lowest BCUT2D eigenvalue weighted by Gasteiger charge is -2.09. The van der Waals surface area contributed by atoms with Crippen LogP contribution in [0.3, 0.4) is 0 Å². The highest BCUT2D eigenvalue weighted by atomic mass is 32.1. The van der Waals surface area contributed by atoms with E-state index in [1.807, 2.05) is 24.3 Å². The maximum atomic E-state index is 11.9. The molecule has 0 aliphatic carbocycles. The molecule has 4 N–H and O–H groups in total. The van der Waals surface area contributed by atoms with Gasteiger partial charge in [0.25, 0.3) is 5.91 Å². The number of anilines is 1. The fourth-order valence-electron chi connectivity index (χ4n) is 1.75. The van der Waals surface area contributed by atoms with Gasteiger partial charge < -0.3 is 11.1 Å². The summed E-state index contributed by atoms with van der Waals surface area (Å²) in [7, 11) is 0. The van der Waals surface area contributed by atoms with E-state index in [2.05, 4.69) is 23.3 Å². The summed E-state index contributed by atoms with van der Waals surface area (Å²) in [5.41, 5.74) is 7.13. The Kier molecular flexibility index (Phi) is 4.84. The van der Waals surface area contributed by atoms with Gasteiger partial charge in [0.1, 0.15) is 0 Å². The van der Waals surface area contributed by atoms with Crippen molar-refractivity contribution in [3.8, 4) is 0 Å². The topological polar surface area (TPSA) is 84.2 Å². The van der Waals surface area contributed by atoms with Gasteiger partial charge in [-0.15, -0.1) is 12.6 Å². The Hall–Kier alpha value is -2.47. The maximum Gasteiger partial charge on any atom is 0.321 e. The number of hydrogen-bond acceptors (Lipinski definition) is 4. The predicted molar refractivity (Wildman–Crippen MR) is 84.3 cm³/mol. The van der Waals surface area contributed by atoms with Crippen LogP contribution >= 0.6 is 12.6 Å². The summed E-state index contributed by atoms with van der Waals surface area (Å²) >= 11 is 4.29. The van der Waals surface area contributed by atoms with E-state index < -0.39 is 11.9 Å². The van der Waals surface area contributed by atoms with Crippen molar-refractivity contribution < 1.29 is 9.59 Å². The van der Waals surface area contributed by atoms with Crippen LogP contribution in [0, 0.1) is 0 Å². The number of benzene rings is 2. The average molecular weight is 301 g/mol. The normalized spacial score (nSPS) is 9.95. The number of nitrogens with one attached hydrogen (secondary N) is 2. The lowest BCUT2D eigenvalue weighted by molar-refractivity contribution is 0.0965. The van der Waals surface area contributed by atoms with Crippen LogP contribution in [0.15, 0.2) is 53.4 Å². The zero-order valence-corrected chi connectivity index (χ0v) is 12.1. The standard InChI is InChI=1S/C15H15N3O2S/c16-12-7-3-2-6-11(12)14(19)18-15(20)17-9-10-5-1-4-8-13(10)21/h1-8,21H,9,16H2,(H2,17,18,19,20). The van der Waals surface area contributed by atoms with E-state index in [9.17, 15) is 9.59 Å². The molecule has 0 bridgehead atoms. The SMILES string of the molecule is Nc1ccccc1C(=O)NC(=O)NCc1ccccc1S. The van der Waals surface area contributed by atoms with Crippen molar-refractivity contribution in [2.24, 2.45) is 0 Å². The Morgan fingerprint density at radius 3 is 2.43 bits per heavy atom. The molecule has 0 saturated carbocycles. The molecule has 0 spiro atoms. The van der Waals surface area contributed by atoms with Crippen LogP contribution in [-0.2, 0) is 6.54 Å². The zero-order valence-electron chi connectivity index (χ0n) is 11.2. The molecule has 0 aliphatic rings. The molecule has 0 unspecified atom stereocenters. The highest BCUT2D eigenvalue weighted by Crippen LogP contribution is 2.12. The molecule has 2 rings (SSSR count). The summed E-state index contributed by atoms with van der Waals surface area (Å²) in [4.78, 5) is 24.4. The van der Waals surface area contributed by atoms with Gasteiger partial charge in [0.15, 0.2) is 0 Å². The van der Waals surface area contributed by atoms with Crippen molar-refractivity contribution >= 4 is 30.3 Å². The summed E-state index contributed by atoms with van der Waals surface area (Å²) in [6.07, 6.45) is 0. The lowest BCUT2D eigenvalue weighted by Crippen LogP contribution is -2.39. The Balaban J connectivity index is 1.92. The highest BCUT2D eigenvalue weighted by Gasteiger charge is 2.12. The maximum absolute atomic E-state index is 11.9. The molecule has 108 valence electrons. The second-order valence-electron chi connectivity index (χ2n) is 4.35. The van der Waals surface area contributed by atoms with Crippen LogP contribution in [0.2, 0.25) is 0 Å². The first-order valence-electron chi connectivity index (χ1n) is 6.28. The molecule has 2 aromatic rings. The van der Waals surface area contributed by atoms with Gasteiger partial charge in [-0.25, -0.2) is 4.79 Å². The molecule has 0 atom stereocenters. The Labute approximate surface area is 128 Å². The van der Waals surface area contributed by atoms with Gasteiger partial charge >= 0.3 is 6.03 Å². The van der Waals surface area contributed by atoms with Crippen molar-refractivity contribution in [1.29, 1.82) is 0 Å². The number of urea groups is 1. The zero-order chi connectivity index (χ0) is 15.2. The molecular weight excluding hydrogens is 286 g/mol. The average Bonchev–Trinajstić information content (AvgIpc) is 2.46. The third kappa shape index (κ3) is 4.00. The van der Waals surface area contributed by atoms with E-state index in [1.165, 1.54) is 0 Å². The second-order valence-corrected chi connectivity index (χ2v) is 4.83. The number of hydrogen-bond donors (Lipinski definition) is 4. The van der Waals surface area contributed by atoms with Crippen LogP contribution < -0.4 is 16.4 Å². The first-order valence-corrected chi connectivity index (χ1v) is 6.73. The number of rotatable bonds is 3. The number of para-hydroxylation sites is 1. The monoisotopic (exact) mass is 301 g/mol. The van der Waals surface area contributed by atoms with Gasteiger partial charge in [0.2, 0.25) is 0 Å². The quantitative estimate of drug-likeness (QED) is 0.518. The van der Waals surface area contributed by atoms with Crippen molar-refractivity contribution in [2.75, 3.05) is 5.73 Å². The minimum Gasteiger partial charge on any atom is -0.398 e. The van der Waals surface area contributed by atoms with Crippen molar-refractivity contribution in [2.45, 2.75) is 11.4 Å². The van der Waals surface area contributed by atoms with Crippen molar-refractivity contribution in [3.05, 3.63) is 59.7 Å². The van der Waals surface area contributed by atoms with Crippen LogP contribution in [0.5, 0.6) is 0 Å². The molecule has 2 aromatic carbocycles. The van der Waals surface area contributed by atoms with Crippen LogP contribution in [0.4, 0.5) is 10.5 Å². The Morgan fingerprint density at radius 1 is 1.05 bits per heavy atom. The largest absolute Gasteiger partial charge is 0.398 e. The lowest BCUT2D eigenvalue weighted by atomic mass is 10.2. The van der Waals surface area contributed by atoms with Gasteiger partial charge in [-0.2, -0.15) is 0 Å². The molecule has 5 nitrogen and oxygen atoms in total. The van der Waals surface area contributed by atoms with Crippen LogP contribution in [0.1, 0.15) is 15.9 Å². The van der Waals surface area contributed by atoms with Crippen molar-refractivity contribution in [1.82, 2.24) is 10.6 Å². The number of thiol groups is 1. The van der Waals surface area contributed by atoms with Gasteiger partial charge in [0, 0.05) is 17.1 Å².